The van der Waals surface area contributed by atoms with Gasteiger partial charge in [0, 0.05) is 6.08 Å². The van der Waals surface area contributed by atoms with E-state index in [-0.39, 0.29) is 6.10 Å². The fourth-order valence-corrected chi connectivity index (χ4v) is 1.31. The van der Waals surface area contributed by atoms with E-state index in [1.165, 1.54) is 6.08 Å². The van der Waals surface area contributed by atoms with Gasteiger partial charge in [-0.3, -0.25) is 0 Å². The van der Waals surface area contributed by atoms with Crippen molar-refractivity contribution in [2.45, 2.75) is 20.0 Å². The second kappa shape index (κ2) is 5.94. The minimum Gasteiger partial charge on any atom is -0.493 e. The number of ether oxygens (including phenoxy) is 2. The van der Waals surface area contributed by atoms with Crippen LogP contribution in [0.1, 0.15) is 19.4 Å². The van der Waals surface area contributed by atoms with Gasteiger partial charge in [0.05, 0.1) is 13.2 Å². The summed E-state index contributed by atoms with van der Waals surface area (Å²) in [5.74, 6) is 0.257. The molecule has 17 heavy (non-hydrogen) atoms. The third kappa shape index (κ3) is 4.18. The van der Waals surface area contributed by atoms with Crippen LogP contribution >= 0.6 is 0 Å². The van der Waals surface area contributed by atoms with Crippen molar-refractivity contribution >= 4 is 12.0 Å². The van der Waals surface area contributed by atoms with Gasteiger partial charge >= 0.3 is 5.97 Å². The van der Waals surface area contributed by atoms with Crippen LogP contribution < -0.4 is 9.47 Å². The van der Waals surface area contributed by atoms with E-state index < -0.39 is 5.97 Å². The van der Waals surface area contributed by atoms with Crippen LogP contribution in [0.2, 0.25) is 0 Å². The Morgan fingerprint density at radius 2 is 2.06 bits per heavy atom. The zero-order chi connectivity index (χ0) is 12.8. The van der Waals surface area contributed by atoms with Gasteiger partial charge in [-0.2, -0.15) is 0 Å². The van der Waals surface area contributed by atoms with E-state index in [4.69, 9.17) is 14.6 Å². The molecule has 0 aliphatic rings. The highest BCUT2D eigenvalue weighted by Crippen LogP contribution is 2.29. The van der Waals surface area contributed by atoms with Crippen molar-refractivity contribution in [1.29, 1.82) is 0 Å². The Balaban J connectivity index is 2.95. The molecule has 0 radical (unpaired) electrons. The predicted octanol–water partition coefficient (Wildman–Crippen LogP) is 2.58. The molecular weight excluding hydrogens is 220 g/mol. The molecule has 1 aromatic carbocycles. The van der Waals surface area contributed by atoms with Gasteiger partial charge in [-0.15, -0.1) is 0 Å². The molecule has 4 nitrogen and oxygen atoms in total. The van der Waals surface area contributed by atoms with Crippen LogP contribution in [0.4, 0.5) is 0 Å². The predicted molar refractivity (Wildman–Crippen MR) is 65.4 cm³/mol. The monoisotopic (exact) mass is 236 g/mol. The summed E-state index contributed by atoms with van der Waals surface area (Å²) in [6.07, 6.45) is 2.64. The average Bonchev–Trinajstić information content (AvgIpc) is 2.26. The first-order chi connectivity index (χ1) is 8.02. The van der Waals surface area contributed by atoms with E-state index in [1.54, 1.807) is 25.3 Å². The Kier molecular flexibility index (Phi) is 4.57. The Morgan fingerprint density at radius 3 is 2.59 bits per heavy atom. The van der Waals surface area contributed by atoms with Crippen molar-refractivity contribution in [1.82, 2.24) is 0 Å². The second-order valence-corrected chi connectivity index (χ2v) is 3.75. The molecule has 1 rings (SSSR count). The van der Waals surface area contributed by atoms with E-state index in [1.807, 2.05) is 13.8 Å². The van der Waals surface area contributed by atoms with Crippen LogP contribution in [0.15, 0.2) is 24.3 Å². The standard InChI is InChI=1S/C13H16O4/c1-9(2)17-11-6-4-10(5-7-13(14)15)8-12(11)16-3/h4-9H,1-3H3,(H,14,15). The number of hydrogen-bond donors (Lipinski definition) is 1. The fourth-order valence-electron chi connectivity index (χ4n) is 1.31. The first-order valence-electron chi connectivity index (χ1n) is 5.28. The lowest BCUT2D eigenvalue weighted by Crippen LogP contribution is -2.06. The minimum atomic E-state index is -0.980. The van der Waals surface area contributed by atoms with Crippen molar-refractivity contribution in [3.05, 3.63) is 29.8 Å². The Morgan fingerprint density at radius 1 is 1.35 bits per heavy atom. The number of carboxylic acid groups (broad SMARTS) is 1. The highest BCUT2D eigenvalue weighted by molar-refractivity contribution is 5.85. The average molecular weight is 236 g/mol. The van der Waals surface area contributed by atoms with E-state index >= 15 is 0 Å². The number of hydrogen-bond acceptors (Lipinski definition) is 3. The van der Waals surface area contributed by atoms with Gasteiger partial charge in [0.25, 0.3) is 0 Å². The normalized spacial score (nSPS) is 10.8. The molecule has 0 aliphatic carbocycles. The molecular formula is C13H16O4. The van der Waals surface area contributed by atoms with Gasteiger partial charge in [-0.1, -0.05) is 6.07 Å². The van der Waals surface area contributed by atoms with Gasteiger partial charge in [0.15, 0.2) is 11.5 Å². The van der Waals surface area contributed by atoms with Crippen molar-refractivity contribution in [3.63, 3.8) is 0 Å². The smallest absolute Gasteiger partial charge is 0.328 e. The lowest BCUT2D eigenvalue weighted by atomic mass is 10.2. The molecule has 0 saturated heterocycles. The molecule has 4 heteroatoms. The lowest BCUT2D eigenvalue weighted by Gasteiger charge is -2.13. The highest BCUT2D eigenvalue weighted by Gasteiger charge is 2.06. The highest BCUT2D eigenvalue weighted by atomic mass is 16.5. The number of carboxylic acids is 1. The van der Waals surface area contributed by atoms with Gasteiger partial charge in [0.2, 0.25) is 0 Å². The molecule has 92 valence electrons. The molecule has 0 bridgehead atoms. The molecule has 0 saturated carbocycles. The minimum absolute atomic E-state index is 0.0595. The molecule has 0 fully saturated rings. The van der Waals surface area contributed by atoms with E-state index in [9.17, 15) is 4.79 Å². The summed E-state index contributed by atoms with van der Waals surface area (Å²) in [6.45, 7) is 3.86. The molecule has 0 unspecified atom stereocenters. The maximum atomic E-state index is 10.4. The number of benzene rings is 1. The maximum Gasteiger partial charge on any atom is 0.328 e. The number of rotatable bonds is 5. The summed E-state index contributed by atoms with van der Waals surface area (Å²) in [7, 11) is 1.55. The summed E-state index contributed by atoms with van der Waals surface area (Å²) < 4.78 is 10.7. The number of aliphatic carboxylic acids is 1. The molecule has 0 atom stereocenters. The summed E-state index contributed by atoms with van der Waals surface area (Å²) in [5.41, 5.74) is 0.750. The first kappa shape index (κ1) is 13.1. The third-order valence-electron chi connectivity index (χ3n) is 1.97. The van der Waals surface area contributed by atoms with E-state index in [0.717, 1.165) is 11.6 Å². The van der Waals surface area contributed by atoms with Crippen molar-refractivity contribution in [2.24, 2.45) is 0 Å². The van der Waals surface area contributed by atoms with Crippen LogP contribution in [-0.2, 0) is 4.79 Å². The van der Waals surface area contributed by atoms with Crippen molar-refractivity contribution < 1.29 is 19.4 Å². The summed E-state index contributed by atoms with van der Waals surface area (Å²) in [4.78, 5) is 10.4. The number of methoxy groups -OCH3 is 1. The zero-order valence-corrected chi connectivity index (χ0v) is 10.1. The third-order valence-corrected chi connectivity index (χ3v) is 1.97. The molecule has 1 aromatic rings. The number of carbonyl (C=O) groups is 1. The molecule has 1 N–H and O–H groups in total. The molecule has 0 heterocycles. The zero-order valence-electron chi connectivity index (χ0n) is 10.1. The van der Waals surface area contributed by atoms with Crippen LogP contribution in [0.3, 0.4) is 0 Å². The largest absolute Gasteiger partial charge is 0.493 e. The first-order valence-corrected chi connectivity index (χ1v) is 5.28. The van der Waals surface area contributed by atoms with Gasteiger partial charge in [-0.05, 0) is 37.6 Å². The lowest BCUT2D eigenvalue weighted by molar-refractivity contribution is -0.131. The van der Waals surface area contributed by atoms with Crippen LogP contribution in [0.5, 0.6) is 11.5 Å². The van der Waals surface area contributed by atoms with Crippen molar-refractivity contribution in [3.8, 4) is 11.5 Å². The molecule has 0 aliphatic heterocycles. The van der Waals surface area contributed by atoms with Gasteiger partial charge < -0.3 is 14.6 Å². The molecule has 0 aromatic heterocycles. The summed E-state index contributed by atoms with van der Waals surface area (Å²) in [6, 6.07) is 5.27. The molecule has 0 amide bonds. The Labute approximate surface area is 100 Å². The fraction of sp³-hybridized carbons (Fsp3) is 0.308. The van der Waals surface area contributed by atoms with Crippen molar-refractivity contribution in [2.75, 3.05) is 7.11 Å². The van der Waals surface area contributed by atoms with Crippen LogP contribution in [0.25, 0.3) is 6.08 Å². The van der Waals surface area contributed by atoms with E-state index in [0.29, 0.717) is 11.5 Å². The summed E-state index contributed by atoms with van der Waals surface area (Å²) >= 11 is 0. The van der Waals surface area contributed by atoms with Crippen LogP contribution in [-0.4, -0.2) is 24.3 Å². The maximum absolute atomic E-state index is 10.4. The van der Waals surface area contributed by atoms with Crippen LogP contribution in [0, 0.1) is 0 Å². The summed E-state index contributed by atoms with van der Waals surface area (Å²) in [5, 5.41) is 8.53. The Bertz CT molecular complexity index is 421. The topological polar surface area (TPSA) is 55.8 Å². The molecule has 0 spiro atoms. The second-order valence-electron chi connectivity index (χ2n) is 3.75. The SMILES string of the molecule is COc1cc(C=CC(=O)O)ccc1OC(C)C. The van der Waals surface area contributed by atoms with E-state index in [2.05, 4.69) is 0 Å². The Hall–Kier alpha value is -1.97. The van der Waals surface area contributed by atoms with Gasteiger partial charge in [0.1, 0.15) is 0 Å². The quantitative estimate of drug-likeness (QED) is 0.798. The van der Waals surface area contributed by atoms with Gasteiger partial charge in [-0.25, -0.2) is 4.79 Å².